The van der Waals surface area contributed by atoms with Gasteiger partial charge in [-0.1, -0.05) is 11.6 Å². The van der Waals surface area contributed by atoms with Crippen molar-refractivity contribution in [2.75, 3.05) is 24.3 Å². The van der Waals surface area contributed by atoms with E-state index in [1.54, 1.807) is 25.6 Å². The molecule has 0 aliphatic rings. The van der Waals surface area contributed by atoms with Crippen LogP contribution in [0.2, 0.25) is 5.02 Å². The number of hydrogen-bond donors (Lipinski definition) is 2. The van der Waals surface area contributed by atoms with Gasteiger partial charge in [0.25, 0.3) is 0 Å². The van der Waals surface area contributed by atoms with Gasteiger partial charge in [-0.15, -0.1) is 0 Å². The Hall–Kier alpha value is -1.94. The lowest BCUT2D eigenvalue weighted by Crippen LogP contribution is -2.00. The van der Waals surface area contributed by atoms with Crippen molar-refractivity contribution in [3.8, 4) is 5.75 Å². The summed E-state index contributed by atoms with van der Waals surface area (Å²) in [6.45, 7) is 4.86. The fourth-order valence-electron chi connectivity index (χ4n) is 1.89. The second kappa shape index (κ2) is 6.48. The fraction of sp³-hybridized carbons (Fsp3) is 0.267. The highest BCUT2D eigenvalue weighted by Gasteiger charge is 2.07. The summed E-state index contributed by atoms with van der Waals surface area (Å²) in [5, 5.41) is 7.22. The molecule has 1 aromatic heterocycles. The molecular weight excluding hydrogens is 274 g/mol. The molecule has 0 aliphatic heterocycles. The number of ether oxygens (including phenoxy) is 1. The number of nitrogens with zero attached hydrogens (tertiary/aromatic N) is 1. The monoisotopic (exact) mass is 291 g/mol. The van der Waals surface area contributed by atoms with E-state index in [0.717, 1.165) is 29.2 Å². The van der Waals surface area contributed by atoms with Crippen LogP contribution in [0, 0.1) is 6.92 Å². The number of halogens is 1. The Kier molecular flexibility index (Phi) is 4.69. The summed E-state index contributed by atoms with van der Waals surface area (Å²) in [6, 6.07) is 5.77. The molecule has 0 saturated carbocycles. The van der Waals surface area contributed by atoms with Crippen molar-refractivity contribution in [1.82, 2.24) is 4.98 Å². The van der Waals surface area contributed by atoms with Crippen molar-refractivity contribution < 1.29 is 4.74 Å². The molecule has 1 aromatic carbocycles. The molecule has 0 amide bonds. The van der Waals surface area contributed by atoms with Crippen LogP contribution in [-0.4, -0.2) is 18.6 Å². The third-order valence-electron chi connectivity index (χ3n) is 2.88. The van der Waals surface area contributed by atoms with Crippen molar-refractivity contribution in [2.45, 2.75) is 13.8 Å². The van der Waals surface area contributed by atoms with Gasteiger partial charge in [0.15, 0.2) is 0 Å². The Morgan fingerprint density at radius 2 is 1.95 bits per heavy atom. The number of benzene rings is 1. The predicted octanol–water partition coefficient (Wildman–Crippen LogP) is 4.23. The molecule has 5 heteroatoms. The van der Waals surface area contributed by atoms with Gasteiger partial charge in [-0.05, 0) is 31.5 Å². The van der Waals surface area contributed by atoms with Crippen LogP contribution in [0.25, 0.3) is 0 Å². The van der Waals surface area contributed by atoms with Gasteiger partial charge in [-0.3, -0.25) is 4.98 Å². The highest BCUT2D eigenvalue weighted by atomic mass is 35.5. The highest BCUT2D eigenvalue weighted by Crippen LogP contribution is 2.33. The lowest BCUT2D eigenvalue weighted by Gasteiger charge is -2.13. The Balaban J connectivity index is 2.29. The van der Waals surface area contributed by atoms with Crippen LogP contribution in [0.1, 0.15) is 12.5 Å². The zero-order valence-corrected chi connectivity index (χ0v) is 12.6. The highest BCUT2D eigenvalue weighted by molar-refractivity contribution is 6.31. The summed E-state index contributed by atoms with van der Waals surface area (Å²) < 4.78 is 5.35. The molecule has 0 aliphatic carbocycles. The molecular formula is C15H18ClN3O. The first-order chi connectivity index (χ1) is 9.63. The van der Waals surface area contributed by atoms with E-state index in [9.17, 15) is 0 Å². The van der Waals surface area contributed by atoms with Gasteiger partial charge in [0.1, 0.15) is 5.75 Å². The maximum atomic E-state index is 6.10. The molecule has 2 rings (SSSR count). The zero-order chi connectivity index (χ0) is 14.5. The number of aryl methyl sites for hydroxylation is 1. The number of methoxy groups -OCH3 is 1. The van der Waals surface area contributed by atoms with Crippen LogP contribution in [0.5, 0.6) is 5.75 Å². The maximum absolute atomic E-state index is 6.10. The average Bonchev–Trinajstić information content (AvgIpc) is 2.43. The van der Waals surface area contributed by atoms with Gasteiger partial charge in [-0.2, -0.15) is 0 Å². The molecule has 0 saturated heterocycles. The van der Waals surface area contributed by atoms with E-state index in [-0.39, 0.29) is 0 Å². The first-order valence-electron chi connectivity index (χ1n) is 6.44. The minimum atomic E-state index is 0.687. The van der Waals surface area contributed by atoms with Crippen molar-refractivity contribution in [3.05, 3.63) is 41.2 Å². The summed E-state index contributed by atoms with van der Waals surface area (Å²) >= 11 is 6.10. The normalized spacial score (nSPS) is 10.2. The van der Waals surface area contributed by atoms with Crippen LogP contribution in [0.4, 0.5) is 17.1 Å². The smallest absolute Gasteiger partial charge is 0.143 e. The average molecular weight is 292 g/mol. The Bertz CT molecular complexity index is 602. The van der Waals surface area contributed by atoms with Crippen LogP contribution < -0.4 is 15.4 Å². The Morgan fingerprint density at radius 3 is 2.65 bits per heavy atom. The van der Waals surface area contributed by atoms with Gasteiger partial charge < -0.3 is 15.4 Å². The summed E-state index contributed by atoms with van der Waals surface area (Å²) in [5.41, 5.74) is 3.72. The summed E-state index contributed by atoms with van der Waals surface area (Å²) in [7, 11) is 1.62. The number of nitrogens with one attached hydrogen (secondary N) is 2. The molecule has 106 valence electrons. The maximum Gasteiger partial charge on any atom is 0.143 e. The van der Waals surface area contributed by atoms with E-state index >= 15 is 0 Å². The molecule has 1 heterocycles. The van der Waals surface area contributed by atoms with Gasteiger partial charge in [-0.25, -0.2) is 0 Å². The van der Waals surface area contributed by atoms with Crippen LogP contribution in [0.15, 0.2) is 30.6 Å². The van der Waals surface area contributed by atoms with Gasteiger partial charge in [0.05, 0.1) is 36.6 Å². The van der Waals surface area contributed by atoms with Crippen molar-refractivity contribution in [1.29, 1.82) is 0 Å². The summed E-state index contributed by atoms with van der Waals surface area (Å²) in [4.78, 5) is 4.20. The third-order valence-corrected chi connectivity index (χ3v) is 3.29. The van der Waals surface area contributed by atoms with E-state index in [4.69, 9.17) is 16.3 Å². The molecule has 4 nitrogen and oxygen atoms in total. The zero-order valence-electron chi connectivity index (χ0n) is 11.8. The Labute approximate surface area is 124 Å². The quantitative estimate of drug-likeness (QED) is 0.865. The first kappa shape index (κ1) is 14.5. The number of rotatable bonds is 5. The molecule has 0 radical (unpaired) electrons. The van der Waals surface area contributed by atoms with Crippen molar-refractivity contribution in [3.63, 3.8) is 0 Å². The van der Waals surface area contributed by atoms with Crippen molar-refractivity contribution in [2.24, 2.45) is 0 Å². The topological polar surface area (TPSA) is 46.2 Å². The van der Waals surface area contributed by atoms with Gasteiger partial charge in [0, 0.05) is 17.6 Å². The minimum Gasteiger partial charge on any atom is -0.495 e. The summed E-state index contributed by atoms with van der Waals surface area (Å²) in [6.07, 6.45) is 3.56. The van der Waals surface area contributed by atoms with E-state index in [0.29, 0.717) is 10.8 Å². The van der Waals surface area contributed by atoms with E-state index in [1.165, 1.54) is 0 Å². The number of hydrogen-bond acceptors (Lipinski definition) is 4. The standard InChI is InChI=1S/C15H18ClN3O/c1-4-18-11-6-12(9-17-8-11)19-14-5-10(2)13(16)7-15(14)20-3/h5-9,18-19H,4H2,1-3H3. The lowest BCUT2D eigenvalue weighted by molar-refractivity contribution is 0.417. The number of aromatic nitrogens is 1. The predicted molar refractivity (Wildman–Crippen MR) is 84.4 cm³/mol. The SMILES string of the molecule is CCNc1cncc(Nc2cc(C)c(Cl)cc2OC)c1. The van der Waals surface area contributed by atoms with Crippen LogP contribution in [0.3, 0.4) is 0 Å². The fourth-order valence-corrected chi connectivity index (χ4v) is 2.05. The van der Waals surface area contributed by atoms with Crippen molar-refractivity contribution >= 4 is 28.7 Å². The van der Waals surface area contributed by atoms with Gasteiger partial charge in [0.2, 0.25) is 0 Å². The molecule has 0 unspecified atom stereocenters. The van der Waals surface area contributed by atoms with Gasteiger partial charge >= 0.3 is 0 Å². The number of anilines is 3. The second-order valence-corrected chi connectivity index (χ2v) is 4.83. The second-order valence-electron chi connectivity index (χ2n) is 4.42. The summed E-state index contributed by atoms with van der Waals surface area (Å²) in [5.74, 6) is 0.703. The van der Waals surface area contributed by atoms with E-state index < -0.39 is 0 Å². The molecule has 0 fully saturated rings. The molecule has 2 N–H and O–H groups in total. The van der Waals surface area contributed by atoms with Crippen LogP contribution >= 0.6 is 11.6 Å². The molecule has 2 aromatic rings. The lowest BCUT2D eigenvalue weighted by atomic mass is 10.2. The number of pyridine rings is 1. The molecule has 0 spiro atoms. The molecule has 0 bridgehead atoms. The molecule has 0 atom stereocenters. The van der Waals surface area contributed by atoms with E-state index in [2.05, 4.69) is 15.6 Å². The largest absolute Gasteiger partial charge is 0.495 e. The van der Waals surface area contributed by atoms with E-state index in [1.807, 2.05) is 26.0 Å². The first-order valence-corrected chi connectivity index (χ1v) is 6.82. The molecule has 20 heavy (non-hydrogen) atoms. The minimum absolute atomic E-state index is 0.687. The van der Waals surface area contributed by atoms with Crippen LogP contribution in [-0.2, 0) is 0 Å². The third kappa shape index (κ3) is 3.33. The Morgan fingerprint density at radius 1 is 1.20 bits per heavy atom.